The summed E-state index contributed by atoms with van der Waals surface area (Å²) in [4.78, 5) is 69.3. The molecule has 1 saturated heterocycles. The van der Waals surface area contributed by atoms with Crippen LogP contribution in [-0.4, -0.2) is 51.0 Å². The van der Waals surface area contributed by atoms with Gasteiger partial charge in [0.2, 0.25) is 0 Å². The van der Waals surface area contributed by atoms with Crippen LogP contribution in [0.15, 0.2) is 28.4 Å². The molecule has 0 radical (unpaired) electrons. The molecule has 26 heteroatoms. The van der Waals surface area contributed by atoms with Crippen molar-refractivity contribution in [2.24, 2.45) is 0 Å². The largest absolute Gasteiger partial charge is 1.00 e. The minimum atomic E-state index is -6.31. The van der Waals surface area contributed by atoms with Crippen LogP contribution < -0.4 is 155 Å². The fourth-order valence-corrected chi connectivity index (χ4v) is 5.52. The van der Waals surface area contributed by atoms with Gasteiger partial charge in [-0.05, 0) is 0 Å². The third kappa shape index (κ3) is 13.4. The minimum Gasteiger partial charge on any atom is -0.790 e. The van der Waals surface area contributed by atoms with Gasteiger partial charge in [-0.3, -0.25) is 32.3 Å². The number of hydrogen-bond donors (Lipinski definition) is 4. The summed E-state index contributed by atoms with van der Waals surface area (Å²) in [6, 6.07) is 0. The van der Waals surface area contributed by atoms with Gasteiger partial charge in [0.25, 0.3) is 21.2 Å². The molecule has 1 aromatic heterocycles. The van der Waals surface area contributed by atoms with E-state index < -0.39 is 77.8 Å². The number of nitrogen functional groups attached to an aromatic ring is 1. The summed E-state index contributed by atoms with van der Waals surface area (Å²) >= 11 is 0. The van der Waals surface area contributed by atoms with Crippen LogP contribution in [0.3, 0.4) is 0 Å². The van der Waals surface area contributed by atoms with E-state index in [-0.39, 0.29) is 118 Å². The fourth-order valence-electron chi connectivity index (χ4n) is 2.58. The Kier molecular flexibility index (Phi) is 21.6. The Bertz CT molecular complexity index is 1180. The molecule has 38 heavy (non-hydrogen) atoms. The van der Waals surface area contributed by atoms with Gasteiger partial charge in [0, 0.05) is 6.20 Å². The molecule has 0 aliphatic carbocycles. The molecule has 0 bridgehead atoms. The summed E-state index contributed by atoms with van der Waals surface area (Å²) < 4.78 is 55.2. The molecule has 1 aromatic rings. The zero-order valence-corrected chi connectivity index (χ0v) is 31.1. The van der Waals surface area contributed by atoms with Crippen molar-refractivity contribution < 1.29 is 184 Å². The zero-order chi connectivity index (χ0) is 26.1. The number of aromatic nitrogens is 2. The van der Waals surface area contributed by atoms with Crippen LogP contribution >= 0.6 is 23.5 Å². The van der Waals surface area contributed by atoms with Crippen LogP contribution in [-0.2, 0) is 36.3 Å². The summed E-state index contributed by atoms with van der Waals surface area (Å²) in [6.07, 6.45) is -8.35. The standard InChI is InChI=1S/C12H20N3O16P3.4Na/c1-2-3-27-11(29-33(23,24)31-34(25,26)30-32(20,21)22)8-6(16)7(17)10(28-8)15-4-5(13)9(18)14-12(15)19;;;;/h2,4,6-8,10-11,16-17H,1,3,13H2,(H,23,24)(H,25,26)(H,14,18,19)(H2,20,21,22);;;;/q;4*+1/p-4/t6-,7+,8-,10+,11?;;;;/m0..../s1. The number of nitrogens with zero attached hydrogens (tertiary/aromatic N) is 1. The number of phosphoric ester groups is 1. The third-order valence-corrected chi connectivity index (χ3v) is 7.49. The van der Waals surface area contributed by atoms with Crippen molar-refractivity contribution in [2.75, 3.05) is 12.3 Å². The van der Waals surface area contributed by atoms with Crippen LogP contribution in [0.1, 0.15) is 6.23 Å². The maximum atomic E-state index is 12.0. The smallest absolute Gasteiger partial charge is 0.790 e. The van der Waals surface area contributed by atoms with Crippen molar-refractivity contribution in [1.82, 2.24) is 9.55 Å². The third-order valence-electron chi connectivity index (χ3n) is 3.82. The number of aliphatic hydroxyl groups excluding tert-OH is 2. The quantitative estimate of drug-likeness (QED) is 0.0753. The molecule has 3 unspecified atom stereocenters. The van der Waals surface area contributed by atoms with Crippen LogP contribution in [0.4, 0.5) is 5.69 Å². The van der Waals surface area contributed by atoms with Crippen LogP contribution in [0.25, 0.3) is 0 Å². The summed E-state index contributed by atoms with van der Waals surface area (Å²) in [7, 11) is -18.7. The van der Waals surface area contributed by atoms with E-state index in [1.165, 1.54) is 0 Å². The molecule has 0 spiro atoms. The monoisotopic (exact) mass is 643 g/mol. The second kappa shape index (κ2) is 18.3. The molecule has 0 aromatic carbocycles. The molecular formula is C12H16N3Na4O16P3. The van der Waals surface area contributed by atoms with Crippen molar-refractivity contribution in [3.63, 3.8) is 0 Å². The Morgan fingerprint density at radius 1 is 1.08 bits per heavy atom. The van der Waals surface area contributed by atoms with Gasteiger partial charge in [0.15, 0.2) is 12.5 Å². The van der Waals surface area contributed by atoms with Crippen molar-refractivity contribution in [1.29, 1.82) is 0 Å². The molecule has 194 valence electrons. The summed E-state index contributed by atoms with van der Waals surface area (Å²) in [5, 5.41) is 20.5. The van der Waals surface area contributed by atoms with Gasteiger partial charge in [-0.1, -0.05) is 6.08 Å². The number of H-pyrrole nitrogens is 1. The summed E-state index contributed by atoms with van der Waals surface area (Å²) in [5.74, 6) is 0. The Morgan fingerprint density at radius 2 is 1.63 bits per heavy atom. The van der Waals surface area contributed by atoms with E-state index in [2.05, 4.69) is 19.7 Å². The zero-order valence-electron chi connectivity index (χ0n) is 20.4. The first-order valence-electron chi connectivity index (χ1n) is 8.56. The van der Waals surface area contributed by atoms with Crippen molar-refractivity contribution in [3.8, 4) is 0 Å². The molecular weight excluding hydrogens is 627 g/mol. The van der Waals surface area contributed by atoms with E-state index in [1.54, 1.807) is 4.98 Å². The number of anilines is 1. The number of hydrogen-bond acceptors (Lipinski definition) is 17. The normalized spacial score (nSPS) is 24.7. The van der Waals surface area contributed by atoms with Crippen LogP contribution in [0.5, 0.6) is 0 Å². The van der Waals surface area contributed by atoms with Gasteiger partial charge < -0.3 is 49.6 Å². The van der Waals surface area contributed by atoms with Crippen LogP contribution in [0.2, 0.25) is 0 Å². The average molecular weight is 643 g/mol. The first-order chi connectivity index (χ1) is 15.5. The molecule has 1 aliphatic rings. The van der Waals surface area contributed by atoms with E-state index in [1.807, 2.05) is 0 Å². The maximum Gasteiger partial charge on any atom is 1.00 e. The van der Waals surface area contributed by atoms with E-state index >= 15 is 0 Å². The SMILES string of the molecule is C=CCOC(OP(=O)([O-])OP(=O)([O-])OP(=O)([O-])[O-])[C@H]1O[C@@H](n2cc(N)c(=O)[nH]c2=O)[C@H](O)[C@@H]1O.[Na+].[Na+].[Na+].[Na+]. The van der Waals surface area contributed by atoms with Gasteiger partial charge in [-0.15, -0.1) is 6.58 Å². The van der Waals surface area contributed by atoms with E-state index in [9.17, 15) is 53.1 Å². The molecule has 0 saturated carbocycles. The van der Waals surface area contributed by atoms with E-state index in [0.29, 0.717) is 4.57 Å². The summed E-state index contributed by atoms with van der Waals surface area (Å²) in [5.41, 5.74) is 2.77. The first-order valence-corrected chi connectivity index (χ1v) is 12.9. The topological polar surface area (TPSA) is 311 Å². The molecule has 7 atom stereocenters. The maximum absolute atomic E-state index is 12.0. The number of nitrogens with two attached hydrogens (primary N) is 1. The van der Waals surface area contributed by atoms with Gasteiger partial charge in [0.05, 0.1) is 14.4 Å². The molecule has 1 aliphatic heterocycles. The van der Waals surface area contributed by atoms with Gasteiger partial charge >= 0.3 is 124 Å². The van der Waals surface area contributed by atoms with Gasteiger partial charge in [0.1, 0.15) is 24.0 Å². The molecule has 5 N–H and O–H groups in total. The van der Waals surface area contributed by atoms with Gasteiger partial charge in [-0.25, -0.2) is 9.11 Å². The number of ether oxygens (including phenoxy) is 2. The fraction of sp³-hybridized carbons (Fsp3) is 0.500. The van der Waals surface area contributed by atoms with Crippen molar-refractivity contribution in [3.05, 3.63) is 39.7 Å². The number of phosphoric acid groups is 3. The van der Waals surface area contributed by atoms with Crippen molar-refractivity contribution >= 4 is 29.2 Å². The average Bonchev–Trinajstić information content (AvgIpc) is 2.94. The number of rotatable bonds is 11. The molecule has 1 fully saturated rings. The molecule has 0 amide bonds. The Hall–Kier alpha value is 2.47. The predicted octanol–water partition coefficient (Wildman–Crippen LogP) is -16.9. The first kappa shape index (κ1) is 44.9. The number of aromatic amines is 1. The molecule has 2 rings (SSSR count). The Balaban J connectivity index is -0.00000306. The second-order valence-electron chi connectivity index (χ2n) is 6.32. The van der Waals surface area contributed by atoms with Crippen LogP contribution in [0, 0.1) is 0 Å². The van der Waals surface area contributed by atoms with E-state index in [0.717, 1.165) is 12.3 Å². The number of aliphatic hydroxyl groups is 2. The number of nitrogens with one attached hydrogen (secondary N) is 1. The minimum absolute atomic E-state index is 0. The molecule has 19 nitrogen and oxygen atoms in total. The van der Waals surface area contributed by atoms with Gasteiger partial charge in [-0.2, -0.15) is 0 Å². The Morgan fingerprint density at radius 3 is 2.13 bits per heavy atom. The molecule has 2 heterocycles. The summed E-state index contributed by atoms with van der Waals surface area (Å²) in [6.45, 7) is 2.74. The predicted molar refractivity (Wildman–Crippen MR) is 97.7 cm³/mol. The Labute approximate surface area is 302 Å². The van der Waals surface area contributed by atoms with E-state index in [4.69, 9.17) is 15.2 Å². The second-order valence-corrected chi connectivity index (χ2v) is 10.5. The van der Waals surface area contributed by atoms with Crippen molar-refractivity contribution in [2.45, 2.75) is 30.8 Å².